The SMILES string of the molecule is CC1(C)CCC(C)(C)c2c(-c3cc4c(cc3N(c3ccc5c(c3)C(C)(C)c3ccccc3-5)c3cccc5c3CCCC5)C(C)(C)c3ccccc3-4)cccc21. The summed E-state index contributed by atoms with van der Waals surface area (Å²) in [6.07, 6.45) is 7.14. The van der Waals surface area contributed by atoms with E-state index in [0.717, 1.165) is 12.8 Å². The number of anilines is 3. The van der Waals surface area contributed by atoms with Gasteiger partial charge in [-0.25, -0.2) is 0 Å². The van der Waals surface area contributed by atoms with E-state index in [2.05, 4.69) is 176 Å². The number of hydrogen-bond donors (Lipinski definition) is 0. The highest BCUT2D eigenvalue weighted by atomic mass is 15.1. The van der Waals surface area contributed by atoms with E-state index in [0.29, 0.717) is 0 Å². The number of fused-ring (bicyclic) bond motifs is 8. The molecule has 1 nitrogen and oxygen atoms in total. The maximum atomic E-state index is 2.69. The molecular formula is C54H55N. The van der Waals surface area contributed by atoms with Crippen molar-refractivity contribution in [1.82, 2.24) is 0 Å². The number of nitrogens with zero attached hydrogens (tertiary/aromatic N) is 1. The maximum Gasteiger partial charge on any atom is 0.0543 e. The van der Waals surface area contributed by atoms with Crippen molar-refractivity contribution < 1.29 is 0 Å². The van der Waals surface area contributed by atoms with Gasteiger partial charge in [0.2, 0.25) is 0 Å². The molecule has 0 heterocycles. The summed E-state index contributed by atoms with van der Waals surface area (Å²) < 4.78 is 0. The third kappa shape index (κ3) is 4.97. The average Bonchev–Trinajstić information content (AvgIpc) is 3.55. The fourth-order valence-electron chi connectivity index (χ4n) is 11.3. The van der Waals surface area contributed by atoms with E-state index in [1.807, 2.05) is 0 Å². The van der Waals surface area contributed by atoms with Crippen LogP contribution in [0.15, 0.2) is 115 Å². The number of rotatable bonds is 4. The van der Waals surface area contributed by atoms with Crippen LogP contribution in [0.3, 0.4) is 0 Å². The molecule has 0 saturated carbocycles. The molecule has 0 radical (unpaired) electrons. The second-order valence-electron chi connectivity index (χ2n) is 19.4. The monoisotopic (exact) mass is 717 g/mol. The molecule has 6 aromatic carbocycles. The molecule has 4 aliphatic rings. The largest absolute Gasteiger partial charge is 0.310 e. The van der Waals surface area contributed by atoms with Crippen LogP contribution < -0.4 is 4.90 Å². The Labute approximate surface area is 329 Å². The van der Waals surface area contributed by atoms with Crippen LogP contribution in [-0.4, -0.2) is 0 Å². The summed E-state index contributed by atoms with van der Waals surface area (Å²) in [6, 6.07) is 45.1. The first kappa shape index (κ1) is 34.6. The van der Waals surface area contributed by atoms with Crippen molar-refractivity contribution in [2.24, 2.45) is 0 Å². The molecule has 0 bridgehead atoms. The Kier molecular flexibility index (Phi) is 7.43. The van der Waals surface area contributed by atoms with Gasteiger partial charge in [0.15, 0.2) is 0 Å². The molecule has 4 aliphatic carbocycles. The van der Waals surface area contributed by atoms with Gasteiger partial charge in [0.1, 0.15) is 0 Å². The Bertz CT molecular complexity index is 2560. The zero-order valence-corrected chi connectivity index (χ0v) is 34.2. The van der Waals surface area contributed by atoms with E-state index in [-0.39, 0.29) is 21.7 Å². The lowest BCUT2D eigenvalue weighted by atomic mass is 9.61. The van der Waals surface area contributed by atoms with Crippen molar-refractivity contribution in [2.45, 2.75) is 116 Å². The molecule has 0 N–H and O–H groups in total. The lowest BCUT2D eigenvalue weighted by molar-refractivity contribution is 0.333. The van der Waals surface area contributed by atoms with Crippen LogP contribution in [0.4, 0.5) is 17.1 Å². The second-order valence-corrected chi connectivity index (χ2v) is 19.4. The summed E-state index contributed by atoms with van der Waals surface area (Å²) >= 11 is 0. The topological polar surface area (TPSA) is 3.24 Å². The van der Waals surface area contributed by atoms with Gasteiger partial charge in [-0.1, -0.05) is 140 Å². The molecule has 10 rings (SSSR count). The molecule has 1 heteroatoms. The highest BCUT2D eigenvalue weighted by Gasteiger charge is 2.42. The van der Waals surface area contributed by atoms with Gasteiger partial charge in [-0.05, 0) is 152 Å². The Balaban J connectivity index is 1.32. The van der Waals surface area contributed by atoms with Crippen LogP contribution >= 0.6 is 0 Å². The van der Waals surface area contributed by atoms with Gasteiger partial charge in [0.05, 0.1) is 5.69 Å². The minimum Gasteiger partial charge on any atom is -0.310 e. The highest BCUT2D eigenvalue weighted by Crippen LogP contribution is 2.58. The van der Waals surface area contributed by atoms with Gasteiger partial charge in [-0.15, -0.1) is 0 Å². The molecule has 0 aliphatic heterocycles. The summed E-state index contributed by atoms with van der Waals surface area (Å²) in [7, 11) is 0. The van der Waals surface area contributed by atoms with Crippen LogP contribution in [-0.2, 0) is 34.5 Å². The molecule has 0 atom stereocenters. The predicted octanol–water partition coefficient (Wildman–Crippen LogP) is 14.7. The first-order chi connectivity index (χ1) is 26.3. The number of hydrogen-bond acceptors (Lipinski definition) is 1. The number of benzene rings is 6. The van der Waals surface area contributed by atoms with E-state index in [4.69, 9.17) is 0 Å². The first-order valence-corrected chi connectivity index (χ1v) is 20.9. The Morgan fingerprint density at radius 3 is 1.75 bits per heavy atom. The van der Waals surface area contributed by atoms with E-state index < -0.39 is 0 Å². The van der Waals surface area contributed by atoms with Crippen LogP contribution in [0.5, 0.6) is 0 Å². The van der Waals surface area contributed by atoms with Crippen LogP contribution in [0.25, 0.3) is 33.4 Å². The minimum absolute atomic E-state index is 0.0506. The van der Waals surface area contributed by atoms with Gasteiger partial charge < -0.3 is 4.90 Å². The Morgan fingerprint density at radius 1 is 0.418 bits per heavy atom. The average molecular weight is 718 g/mol. The summed E-state index contributed by atoms with van der Waals surface area (Å²) in [4.78, 5) is 2.69. The lowest BCUT2D eigenvalue weighted by Gasteiger charge is -2.43. The van der Waals surface area contributed by atoms with E-state index in [1.165, 1.54) is 121 Å². The second kappa shape index (κ2) is 11.8. The van der Waals surface area contributed by atoms with Gasteiger partial charge >= 0.3 is 0 Å². The molecular weight excluding hydrogens is 663 g/mol. The fourth-order valence-corrected chi connectivity index (χ4v) is 11.3. The van der Waals surface area contributed by atoms with Crippen molar-refractivity contribution in [3.8, 4) is 33.4 Å². The molecule has 6 aromatic rings. The molecule has 0 amide bonds. The van der Waals surface area contributed by atoms with Crippen molar-refractivity contribution in [1.29, 1.82) is 0 Å². The lowest BCUT2D eigenvalue weighted by Crippen LogP contribution is -2.34. The van der Waals surface area contributed by atoms with Gasteiger partial charge in [-0.2, -0.15) is 0 Å². The molecule has 276 valence electrons. The fraction of sp³-hybridized carbons (Fsp3) is 0.333. The maximum absolute atomic E-state index is 2.69. The van der Waals surface area contributed by atoms with Crippen molar-refractivity contribution in [2.75, 3.05) is 4.90 Å². The summed E-state index contributed by atoms with van der Waals surface area (Å²) in [5, 5.41) is 0. The minimum atomic E-state index is -0.125. The zero-order valence-electron chi connectivity index (χ0n) is 34.2. The summed E-state index contributed by atoms with van der Waals surface area (Å²) in [5.74, 6) is 0. The zero-order chi connectivity index (χ0) is 38.1. The quantitative estimate of drug-likeness (QED) is 0.175. The molecule has 0 aromatic heterocycles. The van der Waals surface area contributed by atoms with Gasteiger partial charge in [0, 0.05) is 27.8 Å². The van der Waals surface area contributed by atoms with Crippen LogP contribution in [0.1, 0.15) is 126 Å². The van der Waals surface area contributed by atoms with E-state index >= 15 is 0 Å². The van der Waals surface area contributed by atoms with Crippen LogP contribution in [0, 0.1) is 0 Å². The number of aryl methyl sites for hydroxylation is 1. The predicted molar refractivity (Wildman–Crippen MR) is 234 cm³/mol. The molecule has 0 unspecified atom stereocenters. The van der Waals surface area contributed by atoms with E-state index in [9.17, 15) is 0 Å². The molecule has 0 spiro atoms. The molecule has 0 fully saturated rings. The van der Waals surface area contributed by atoms with E-state index in [1.54, 1.807) is 0 Å². The summed E-state index contributed by atoms with van der Waals surface area (Å²) in [5.41, 5.74) is 23.8. The molecule has 55 heavy (non-hydrogen) atoms. The standard InChI is InChI=1S/C54H55N/c1-51(2)29-30-52(3,4)50-40(22-16-25-45(50)51)42-32-41-38-21-12-14-24-44(38)54(7,8)47(41)33-49(42)55(48-26-15-18-34-17-9-10-19-36(34)48)35-27-28-39-37-20-11-13-23-43(37)53(5,6)46(39)31-35/h11-16,18,20-28,31-33H,9-10,17,19,29-30H2,1-8H3. The Morgan fingerprint density at radius 2 is 1.00 bits per heavy atom. The Hall–Kier alpha value is -4.88. The normalized spacial score (nSPS) is 18.7. The highest BCUT2D eigenvalue weighted by molar-refractivity contribution is 5.97. The third-order valence-electron chi connectivity index (χ3n) is 14.5. The smallest absolute Gasteiger partial charge is 0.0543 e. The third-order valence-corrected chi connectivity index (χ3v) is 14.5. The van der Waals surface area contributed by atoms with Crippen LogP contribution in [0.2, 0.25) is 0 Å². The van der Waals surface area contributed by atoms with Crippen molar-refractivity contribution in [3.05, 3.63) is 160 Å². The van der Waals surface area contributed by atoms with Gasteiger partial charge in [0.25, 0.3) is 0 Å². The first-order valence-electron chi connectivity index (χ1n) is 20.9. The summed E-state index contributed by atoms with van der Waals surface area (Å²) in [6.45, 7) is 19.6. The van der Waals surface area contributed by atoms with Crippen molar-refractivity contribution in [3.63, 3.8) is 0 Å². The molecule has 0 saturated heterocycles. The van der Waals surface area contributed by atoms with Crippen molar-refractivity contribution >= 4 is 17.1 Å². The van der Waals surface area contributed by atoms with Gasteiger partial charge in [-0.3, -0.25) is 0 Å².